The molecule has 2 aromatic rings. The molecule has 2 aliphatic rings. The first-order valence-corrected chi connectivity index (χ1v) is 7.70. The number of fused-ring (bicyclic) bond motifs is 1. The van der Waals surface area contributed by atoms with Crippen LogP contribution in [0, 0.1) is 0 Å². The van der Waals surface area contributed by atoms with Gasteiger partial charge in [-0.15, -0.1) is 0 Å². The van der Waals surface area contributed by atoms with Crippen LogP contribution in [0.3, 0.4) is 0 Å². The largest absolute Gasteiger partial charge is 0.351 e. The van der Waals surface area contributed by atoms with Crippen molar-refractivity contribution in [2.75, 3.05) is 0 Å². The second kappa shape index (κ2) is 4.02. The van der Waals surface area contributed by atoms with Gasteiger partial charge in [0.25, 0.3) is 0 Å². The summed E-state index contributed by atoms with van der Waals surface area (Å²) in [4.78, 5) is 0.861. The van der Waals surface area contributed by atoms with E-state index < -0.39 is 10.8 Å². The third kappa shape index (κ3) is 1.77. The van der Waals surface area contributed by atoms with E-state index in [1.54, 1.807) is 0 Å². The average molecular weight is 270 g/mol. The maximum absolute atomic E-state index is 12.5. The number of benzene rings is 2. The van der Waals surface area contributed by atoms with E-state index >= 15 is 0 Å². The van der Waals surface area contributed by atoms with Crippen LogP contribution in [0.2, 0.25) is 0 Å². The first-order chi connectivity index (χ1) is 9.28. The minimum atomic E-state index is -1.06. The molecule has 1 spiro atoms. The van der Waals surface area contributed by atoms with Gasteiger partial charge in [0.2, 0.25) is 0 Å². The Morgan fingerprint density at radius 3 is 2.16 bits per heavy atom. The highest BCUT2D eigenvalue weighted by Crippen LogP contribution is 2.50. The molecule has 0 radical (unpaired) electrons. The van der Waals surface area contributed by atoms with Crippen LogP contribution in [-0.2, 0) is 28.4 Å². The molecule has 1 aliphatic heterocycles. The molecule has 1 saturated heterocycles. The Labute approximate surface area is 114 Å². The maximum atomic E-state index is 12.5. The van der Waals surface area contributed by atoms with Gasteiger partial charge < -0.3 is 4.74 Å². The molecule has 2 aromatic carbocycles. The highest BCUT2D eigenvalue weighted by atomic mass is 32.2. The van der Waals surface area contributed by atoms with Gasteiger partial charge in [0, 0.05) is 17.7 Å². The zero-order valence-electron chi connectivity index (χ0n) is 10.4. The lowest BCUT2D eigenvalue weighted by Gasteiger charge is -2.02. The van der Waals surface area contributed by atoms with Crippen molar-refractivity contribution in [1.82, 2.24) is 0 Å². The van der Waals surface area contributed by atoms with E-state index in [4.69, 9.17) is 4.74 Å². The van der Waals surface area contributed by atoms with Crippen molar-refractivity contribution in [1.29, 1.82) is 0 Å². The van der Waals surface area contributed by atoms with Crippen molar-refractivity contribution in [3.8, 4) is 0 Å². The second-order valence-corrected chi connectivity index (χ2v) is 6.74. The summed E-state index contributed by atoms with van der Waals surface area (Å²) >= 11 is 0. The second-order valence-electron chi connectivity index (χ2n) is 5.25. The van der Waals surface area contributed by atoms with Gasteiger partial charge in [-0.1, -0.05) is 42.5 Å². The van der Waals surface area contributed by atoms with Crippen LogP contribution < -0.4 is 0 Å². The quantitative estimate of drug-likeness (QED) is 0.785. The number of rotatable bonds is 2. The smallest absolute Gasteiger partial charge is 0.167 e. The molecule has 0 aromatic heterocycles. The standard InChI is InChI=1S/C16H14O2S/c17-19(14-8-2-1-3-9-14)15-16(18-15)10-12-6-4-5-7-13(12)11-16/h1-9,15H,10-11H2. The molecule has 2 nitrogen and oxygen atoms in total. The SMILES string of the molecule is O=S(c1ccccc1)C1OC12Cc1ccccc1C2. The Morgan fingerprint density at radius 1 is 0.947 bits per heavy atom. The highest BCUT2D eigenvalue weighted by molar-refractivity contribution is 7.85. The molecule has 0 amide bonds. The monoisotopic (exact) mass is 270 g/mol. The fraction of sp³-hybridized carbons (Fsp3) is 0.250. The molecule has 1 fully saturated rings. The van der Waals surface area contributed by atoms with Gasteiger partial charge in [0.15, 0.2) is 5.44 Å². The Bertz CT molecular complexity index is 626. The molecule has 3 heteroatoms. The topological polar surface area (TPSA) is 29.6 Å². The van der Waals surface area contributed by atoms with Gasteiger partial charge in [0.05, 0.1) is 10.8 Å². The van der Waals surface area contributed by atoms with Crippen LogP contribution in [0.25, 0.3) is 0 Å². The van der Waals surface area contributed by atoms with E-state index in [-0.39, 0.29) is 11.0 Å². The van der Waals surface area contributed by atoms with E-state index in [1.165, 1.54) is 11.1 Å². The van der Waals surface area contributed by atoms with Gasteiger partial charge >= 0.3 is 0 Å². The highest BCUT2D eigenvalue weighted by Gasteiger charge is 2.62. The Kier molecular flexibility index (Phi) is 2.41. The van der Waals surface area contributed by atoms with E-state index in [0.717, 1.165) is 17.7 Å². The van der Waals surface area contributed by atoms with Crippen molar-refractivity contribution >= 4 is 10.8 Å². The van der Waals surface area contributed by atoms with Crippen LogP contribution in [0.1, 0.15) is 11.1 Å². The van der Waals surface area contributed by atoms with Crippen molar-refractivity contribution in [3.05, 3.63) is 65.7 Å². The summed E-state index contributed by atoms with van der Waals surface area (Å²) in [5, 5.41) is 0. The summed E-state index contributed by atoms with van der Waals surface area (Å²) in [5.41, 5.74) is 2.33. The molecule has 19 heavy (non-hydrogen) atoms. The molecule has 96 valence electrons. The predicted octanol–water partition coefficient (Wildman–Crippen LogP) is 2.69. The normalized spacial score (nSPS) is 24.1. The van der Waals surface area contributed by atoms with Crippen LogP contribution in [0.5, 0.6) is 0 Å². The number of epoxide rings is 1. The maximum Gasteiger partial charge on any atom is 0.167 e. The summed E-state index contributed by atoms with van der Waals surface area (Å²) < 4.78 is 18.4. The third-order valence-electron chi connectivity index (χ3n) is 3.98. The molecule has 1 heterocycles. The molecule has 1 aliphatic carbocycles. The van der Waals surface area contributed by atoms with Crippen LogP contribution >= 0.6 is 0 Å². The Balaban J connectivity index is 1.58. The van der Waals surface area contributed by atoms with E-state index in [9.17, 15) is 4.21 Å². The predicted molar refractivity (Wildman–Crippen MR) is 74.3 cm³/mol. The summed E-state index contributed by atoms with van der Waals surface area (Å²) in [6, 6.07) is 18.0. The lowest BCUT2D eigenvalue weighted by molar-refractivity contribution is 0.310. The molecule has 2 atom stereocenters. The van der Waals surface area contributed by atoms with Crippen molar-refractivity contribution in [3.63, 3.8) is 0 Å². The minimum Gasteiger partial charge on any atom is -0.351 e. The zero-order chi connectivity index (χ0) is 12.9. The lowest BCUT2D eigenvalue weighted by Crippen LogP contribution is -2.18. The van der Waals surface area contributed by atoms with E-state index in [2.05, 4.69) is 24.3 Å². The van der Waals surface area contributed by atoms with E-state index in [1.807, 2.05) is 30.3 Å². The lowest BCUT2D eigenvalue weighted by atomic mass is 10.1. The first-order valence-electron chi connectivity index (χ1n) is 6.49. The molecule has 2 unspecified atom stereocenters. The fourth-order valence-corrected chi connectivity index (χ4v) is 4.46. The zero-order valence-corrected chi connectivity index (χ0v) is 11.2. The summed E-state index contributed by atoms with van der Waals surface area (Å²) in [6.07, 6.45) is 1.79. The Morgan fingerprint density at radius 2 is 1.53 bits per heavy atom. The summed E-state index contributed by atoms with van der Waals surface area (Å²) in [5.74, 6) is 0. The van der Waals surface area contributed by atoms with Crippen molar-refractivity contribution < 1.29 is 8.95 Å². The van der Waals surface area contributed by atoms with Gasteiger partial charge in [0.1, 0.15) is 5.60 Å². The molecule has 0 N–H and O–H groups in total. The number of ether oxygens (including phenoxy) is 1. The Hall–Kier alpha value is -1.45. The fourth-order valence-electron chi connectivity index (χ4n) is 2.96. The van der Waals surface area contributed by atoms with Gasteiger partial charge in [-0.25, -0.2) is 0 Å². The number of hydrogen-bond donors (Lipinski definition) is 0. The van der Waals surface area contributed by atoms with E-state index in [0.29, 0.717) is 0 Å². The summed E-state index contributed by atoms with van der Waals surface area (Å²) in [7, 11) is -1.06. The van der Waals surface area contributed by atoms with Crippen LogP contribution in [-0.4, -0.2) is 15.2 Å². The molecule has 4 rings (SSSR count). The van der Waals surface area contributed by atoms with Gasteiger partial charge in [-0.3, -0.25) is 4.21 Å². The van der Waals surface area contributed by atoms with Gasteiger partial charge in [-0.2, -0.15) is 0 Å². The number of hydrogen-bond acceptors (Lipinski definition) is 2. The average Bonchev–Trinajstić information content (AvgIpc) is 3.00. The van der Waals surface area contributed by atoms with Crippen molar-refractivity contribution in [2.45, 2.75) is 28.8 Å². The van der Waals surface area contributed by atoms with Gasteiger partial charge in [-0.05, 0) is 23.3 Å². The third-order valence-corrected chi connectivity index (χ3v) is 5.63. The molecule has 0 saturated carbocycles. The minimum absolute atomic E-state index is 0.151. The first kappa shape index (κ1) is 11.4. The molecule has 0 bridgehead atoms. The van der Waals surface area contributed by atoms with Crippen molar-refractivity contribution in [2.24, 2.45) is 0 Å². The molecular formula is C16H14O2S. The van der Waals surface area contributed by atoms with Crippen LogP contribution in [0.15, 0.2) is 59.5 Å². The summed E-state index contributed by atoms with van der Waals surface area (Å²) in [6.45, 7) is 0. The van der Waals surface area contributed by atoms with Crippen LogP contribution in [0.4, 0.5) is 0 Å². The molecular weight excluding hydrogens is 256 g/mol.